The van der Waals surface area contributed by atoms with E-state index in [-0.39, 0.29) is 11.8 Å². The van der Waals surface area contributed by atoms with Gasteiger partial charge in [-0.2, -0.15) is 0 Å². The summed E-state index contributed by atoms with van der Waals surface area (Å²) in [5.41, 5.74) is 4.25. The van der Waals surface area contributed by atoms with Crippen LogP contribution in [0.15, 0.2) is 34.1 Å². The van der Waals surface area contributed by atoms with Gasteiger partial charge in [-0.3, -0.25) is 0 Å². The van der Waals surface area contributed by atoms with Gasteiger partial charge in [0.15, 0.2) is 0 Å². The second-order valence-corrected chi connectivity index (χ2v) is 12.6. The molecule has 0 fully saturated rings. The monoisotopic (exact) mass is 526 g/mol. The van der Waals surface area contributed by atoms with Crippen molar-refractivity contribution in [3.8, 4) is 11.5 Å². The second kappa shape index (κ2) is 17.1. The number of aromatic hydroxyl groups is 2. The van der Waals surface area contributed by atoms with E-state index in [0.717, 1.165) is 47.9 Å². The van der Waals surface area contributed by atoms with E-state index in [1.807, 2.05) is 0 Å². The van der Waals surface area contributed by atoms with E-state index in [1.54, 1.807) is 11.8 Å². The highest BCUT2D eigenvalue weighted by molar-refractivity contribution is 7.99. The highest BCUT2D eigenvalue weighted by atomic mass is 32.2. The van der Waals surface area contributed by atoms with Crippen LogP contribution in [0.1, 0.15) is 153 Å². The summed E-state index contributed by atoms with van der Waals surface area (Å²) in [5, 5.41) is 22.0. The number of rotatable bonds is 18. The lowest BCUT2D eigenvalue weighted by molar-refractivity contribution is 0.454. The molecule has 37 heavy (non-hydrogen) atoms. The minimum atomic E-state index is 0.276. The fraction of sp³-hybridized carbons (Fsp3) is 0.647. The van der Waals surface area contributed by atoms with Crippen molar-refractivity contribution in [2.75, 3.05) is 0 Å². The third kappa shape index (κ3) is 10.6. The van der Waals surface area contributed by atoms with Crippen LogP contribution in [0.3, 0.4) is 0 Å². The molecule has 2 nitrogen and oxygen atoms in total. The van der Waals surface area contributed by atoms with Crippen molar-refractivity contribution < 1.29 is 10.2 Å². The summed E-state index contributed by atoms with van der Waals surface area (Å²) in [5.74, 6) is 1.53. The quantitative estimate of drug-likeness (QED) is 0.190. The van der Waals surface area contributed by atoms with Gasteiger partial charge >= 0.3 is 0 Å². The van der Waals surface area contributed by atoms with Gasteiger partial charge < -0.3 is 10.2 Å². The van der Waals surface area contributed by atoms with Crippen LogP contribution in [0.2, 0.25) is 0 Å². The second-order valence-electron chi connectivity index (χ2n) is 11.5. The maximum absolute atomic E-state index is 11.0. The Kier molecular flexibility index (Phi) is 14.6. The minimum absolute atomic E-state index is 0.276. The van der Waals surface area contributed by atoms with Crippen molar-refractivity contribution in [2.45, 2.75) is 153 Å². The molecule has 2 aromatic rings. The molecule has 0 amide bonds. The number of aryl methyl sites for hydroxylation is 2. The molecular weight excluding hydrogens is 472 g/mol. The molecule has 0 aliphatic rings. The van der Waals surface area contributed by atoms with Crippen LogP contribution in [-0.4, -0.2) is 10.2 Å². The maximum atomic E-state index is 11.0. The van der Waals surface area contributed by atoms with Gasteiger partial charge in [0.25, 0.3) is 0 Å². The molecule has 0 saturated carbocycles. The van der Waals surface area contributed by atoms with E-state index in [0.29, 0.717) is 11.5 Å². The molecule has 2 N–H and O–H groups in total. The van der Waals surface area contributed by atoms with Gasteiger partial charge in [-0.25, -0.2) is 0 Å². The first-order chi connectivity index (χ1) is 17.8. The van der Waals surface area contributed by atoms with Crippen molar-refractivity contribution in [1.29, 1.82) is 0 Å². The minimum Gasteiger partial charge on any atom is -0.507 e. The zero-order valence-corrected chi connectivity index (χ0v) is 25.5. The Balaban J connectivity index is 2.22. The van der Waals surface area contributed by atoms with Gasteiger partial charge in [-0.05, 0) is 84.0 Å². The molecule has 0 bridgehead atoms. The third-order valence-corrected chi connectivity index (χ3v) is 8.41. The van der Waals surface area contributed by atoms with Crippen molar-refractivity contribution in [2.24, 2.45) is 0 Å². The van der Waals surface area contributed by atoms with Crippen molar-refractivity contribution >= 4 is 11.8 Å². The molecule has 2 aromatic carbocycles. The average molecular weight is 527 g/mol. The lowest BCUT2D eigenvalue weighted by atomic mass is 9.96. The van der Waals surface area contributed by atoms with Gasteiger partial charge in [0.1, 0.15) is 11.5 Å². The summed E-state index contributed by atoms with van der Waals surface area (Å²) in [6, 6.07) is 8.75. The molecule has 208 valence electrons. The van der Waals surface area contributed by atoms with Crippen LogP contribution in [-0.2, 0) is 12.8 Å². The lowest BCUT2D eigenvalue weighted by Crippen LogP contribution is -1.97. The van der Waals surface area contributed by atoms with E-state index < -0.39 is 0 Å². The summed E-state index contributed by atoms with van der Waals surface area (Å²) in [4.78, 5) is 2.38. The van der Waals surface area contributed by atoms with E-state index in [9.17, 15) is 10.2 Å². The standard InChI is InChI=1S/C34H54O2S/c1-7-9-11-13-15-17-19-27-21-29(23-31(25(3)4)33(27)35)37-30-22-28(20-18-16-14-12-10-8-2)34(36)32(24-30)26(5)6/h21-26,35-36H,7-20H2,1-6H3. The maximum Gasteiger partial charge on any atom is 0.122 e. The highest BCUT2D eigenvalue weighted by Gasteiger charge is 2.17. The fourth-order valence-corrected chi connectivity index (χ4v) is 6.13. The van der Waals surface area contributed by atoms with E-state index in [1.165, 1.54) is 74.0 Å². The first kappa shape index (κ1) is 31.6. The fourth-order valence-electron chi connectivity index (χ4n) is 5.08. The molecule has 0 atom stereocenters. The zero-order valence-electron chi connectivity index (χ0n) is 24.7. The molecule has 3 heteroatoms. The summed E-state index contributed by atoms with van der Waals surface area (Å²) >= 11 is 1.77. The summed E-state index contributed by atoms with van der Waals surface area (Å²) in [6.07, 6.45) is 17.0. The Hall–Kier alpha value is -1.61. The van der Waals surface area contributed by atoms with Crippen LogP contribution in [0.4, 0.5) is 0 Å². The molecule has 0 unspecified atom stereocenters. The van der Waals surface area contributed by atoms with Crippen LogP contribution >= 0.6 is 11.8 Å². The number of unbranched alkanes of at least 4 members (excludes halogenated alkanes) is 10. The third-order valence-electron chi connectivity index (χ3n) is 7.46. The molecule has 2 rings (SSSR count). The molecule has 0 aromatic heterocycles. The molecule has 0 heterocycles. The number of phenolic OH excluding ortho intramolecular Hbond substituents is 2. The lowest BCUT2D eigenvalue weighted by Gasteiger charge is -2.18. The van der Waals surface area contributed by atoms with Gasteiger partial charge in [-0.1, -0.05) is 118 Å². The van der Waals surface area contributed by atoms with E-state index >= 15 is 0 Å². The van der Waals surface area contributed by atoms with Crippen LogP contribution in [0.5, 0.6) is 11.5 Å². The van der Waals surface area contributed by atoms with Crippen LogP contribution in [0, 0.1) is 0 Å². The molecule has 0 saturated heterocycles. The Morgan fingerprint density at radius 1 is 0.541 bits per heavy atom. The first-order valence-corrected chi connectivity index (χ1v) is 16.0. The van der Waals surface area contributed by atoms with Crippen molar-refractivity contribution in [3.63, 3.8) is 0 Å². The molecule has 0 aliphatic carbocycles. The normalized spacial score (nSPS) is 11.7. The van der Waals surface area contributed by atoms with Gasteiger partial charge in [0.05, 0.1) is 0 Å². The molecular formula is C34H54O2S. The SMILES string of the molecule is CCCCCCCCc1cc(Sc2cc(CCCCCCCC)c(O)c(C(C)C)c2)cc(C(C)C)c1O. The van der Waals surface area contributed by atoms with Crippen molar-refractivity contribution in [3.05, 3.63) is 46.5 Å². The summed E-state index contributed by atoms with van der Waals surface area (Å²) in [6.45, 7) is 13.2. The van der Waals surface area contributed by atoms with Gasteiger partial charge in [-0.15, -0.1) is 0 Å². The predicted octanol–water partition coefficient (Wildman–Crippen LogP) is 11.3. The van der Waals surface area contributed by atoms with Crippen molar-refractivity contribution in [1.82, 2.24) is 0 Å². The number of phenols is 2. The smallest absolute Gasteiger partial charge is 0.122 e. The summed E-state index contributed by atoms with van der Waals surface area (Å²) < 4.78 is 0. The predicted molar refractivity (Wildman–Crippen MR) is 163 cm³/mol. The largest absolute Gasteiger partial charge is 0.507 e. The Bertz CT molecular complexity index is 856. The number of benzene rings is 2. The van der Waals surface area contributed by atoms with E-state index in [4.69, 9.17) is 0 Å². The first-order valence-electron chi connectivity index (χ1n) is 15.2. The average Bonchev–Trinajstić information content (AvgIpc) is 2.86. The molecule has 0 spiro atoms. The molecule has 0 aliphatic heterocycles. The van der Waals surface area contributed by atoms with Crippen LogP contribution < -0.4 is 0 Å². The topological polar surface area (TPSA) is 40.5 Å². The Morgan fingerprint density at radius 3 is 1.24 bits per heavy atom. The molecule has 0 radical (unpaired) electrons. The van der Waals surface area contributed by atoms with Gasteiger partial charge in [0.2, 0.25) is 0 Å². The Morgan fingerprint density at radius 2 is 0.892 bits per heavy atom. The highest BCUT2D eigenvalue weighted by Crippen LogP contribution is 2.41. The number of hydrogen-bond acceptors (Lipinski definition) is 3. The van der Waals surface area contributed by atoms with Gasteiger partial charge in [0, 0.05) is 9.79 Å². The number of hydrogen-bond donors (Lipinski definition) is 2. The van der Waals surface area contributed by atoms with E-state index in [2.05, 4.69) is 65.8 Å². The zero-order chi connectivity index (χ0) is 27.2. The Labute approximate surface area is 232 Å². The summed E-state index contributed by atoms with van der Waals surface area (Å²) in [7, 11) is 0. The van der Waals surface area contributed by atoms with Crippen LogP contribution in [0.25, 0.3) is 0 Å².